The number of hydrogen-bond donors (Lipinski definition) is 1. The largest absolute Gasteiger partial charge is 0.370 e. The molecule has 1 aromatic rings. The minimum atomic E-state index is 0.346. The lowest BCUT2D eigenvalue weighted by Gasteiger charge is -2.00. The molecular formula is C10H19N3O2S. The van der Waals surface area contributed by atoms with Gasteiger partial charge in [0.2, 0.25) is 0 Å². The van der Waals surface area contributed by atoms with Crippen molar-refractivity contribution in [1.29, 1.82) is 0 Å². The van der Waals surface area contributed by atoms with Crippen LogP contribution in [-0.2, 0) is 17.1 Å². The summed E-state index contributed by atoms with van der Waals surface area (Å²) >= 11 is 1.81. The van der Waals surface area contributed by atoms with Crippen LogP contribution < -0.4 is 5.73 Å². The molecule has 2 N–H and O–H groups in total. The van der Waals surface area contributed by atoms with Crippen LogP contribution in [0.15, 0.2) is 4.52 Å². The van der Waals surface area contributed by atoms with Gasteiger partial charge >= 0.3 is 0 Å². The average molecular weight is 245 g/mol. The molecule has 1 aromatic heterocycles. The molecule has 0 aliphatic heterocycles. The number of rotatable bonds is 8. The summed E-state index contributed by atoms with van der Waals surface area (Å²) in [4.78, 5) is 4.21. The fourth-order valence-corrected chi connectivity index (χ4v) is 1.93. The van der Waals surface area contributed by atoms with Gasteiger partial charge in [0.25, 0.3) is 5.89 Å². The van der Waals surface area contributed by atoms with E-state index in [1.807, 2.05) is 11.8 Å². The van der Waals surface area contributed by atoms with Crippen LogP contribution in [-0.4, -0.2) is 29.0 Å². The maximum Gasteiger partial charge on any atom is 0.252 e. The standard InChI is InChI=1S/C10H19N3O2S/c1-8(2)6-16-7-9-12-10(15-13-9)5-14-4-3-11/h8H,3-7,11H2,1-2H3. The van der Waals surface area contributed by atoms with Crippen molar-refractivity contribution >= 4 is 11.8 Å². The van der Waals surface area contributed by atoms with E-state index in [0.717, 1.165) is 17.3 Å². The van der Waals surface area contributed by atoms with E-state index in [9.17, 15) is 0 Å². The minimum Gasteiger partial charge on any atom is -0.370 e. The van der Waals surface area contributed by atoms with E-state index in [1.165, 1.54) is 0 Å². The third-order valence-corrected chi connectivity index (χ3v) is 3.04. The third kappa shape index (κ3) is 5.48. The van der Waals surface area contributed by atoms with Crippen molar-refractivity contribution in [2.24, 2.45) is 11.7 Å². The molecule has 5 nitrogen and oxygen atoms in total. The average Bonchev–Trinajstić information content (AvgIpc) is 2.66. The number of hydrogen-bond acceptors (Lipinski definition) is 6. The highest BCUT2D eigenvalue weighted by Gasteiger charge is 2.06. The van der Waals surface area contributed by atoms with Gasteiger partial charge in [0.1, 0.15) is 6.61 Å². The van der Waals surface area contributed by atoms with Crippen LogP contribution in [0.3, 0.4) is 0 Å². The van der Waals surface area contributed by atoms with E-state index < -0.39 is 0 Å². The summed E-state index contributed by atoms with van der Waals surface area (Å²) in [7, 11) is 0. The first-order valence-corrected chi connectivity index (χ1v) is 6.55. The number of aromatic nitrogens is 2. The zero-order valence-electron chi connectivity index (χ0n) is 9.81. The molecular weight excluding hydrogens is 226 g/mol. The first kappa shape index (κ1) is 13.5. The van der Waals surface area contributed by atoms with Crippen LogP contribution in [0.25, 0.3) is 0 Å². The lowest BCUT2D eigenvalue weighted by molar-refractivity contribution is 0.104. The van der Waals surface area contributed by atoms with E-state index in [-0.39, 0.29) is 0 Å². The second-order valence-corrected chi connectivity index (χ2v) is 4.88. The van der Waals surface area contributed by atoms with Gasteiger partial charge in [-0.25, -0.2) is 0 Å². The van der Waals surface area contributed by atoms with Crippen LogP contribution in [0.2, 0.25) is 0 Å². The van der Waals surface area contributed by atoms with E-state index in [0.29, 0.717) is 31.6 Å². The highest BCUT2D eigenvalue weighted by Crippen LogP contribution is 2.13. The Morgan fingerprint density at radius 2 is 2.31 bits per heavy atom. The summed E-state index contributed by atoms with van der Waals surface area (Å²) in [6, 6.07) is 0. The van der Waals surface area contributed by atoms with Gasteiger partial charge in [-0.3, -0.25) is 0 Å². The van der Waals surface area contributed by atoms with Gasteiger partial charge in [-0.1, -0.05) is 19.0 Å². The molecule has 0 aliphatic carbocycles. The smallest absolute Gasteiger partial charge is 0.252 e. The molecule has 0 radical (unpaired) electrons. The zero-order valence-corrected chi connectivity index (χ0v) is 10.6. The van der Waals surface area contributed by atoms with Crippen molar-refractivity contribution in [3.8, 4) is 0 Å². The summed E-state index contributed by atoms with van der Waals surface area (Å²) in [6.45, 7) is 5.74. The highest BCUT2D eigenvalue weighted by atomic mass is 32.2. The summed E-state index contributed by atoms with van der Waals surface area (Å²) in [5, 5.41) is 3.87. The topological polar surface area (TPSA) is 74.2 Å². The van der Waals surface area contributed by atoms with E-state index in [4.69, 9.17) is 15.0 Å². The Labute approximate surface area is 100 Å². The predicted octanol–water partition coefficient (Wildman–Crippen LogP) is 1.43. The number of thioether (sulfide) groups is 1. The van der Waals surface area contributed by atoms with Gasteiger partial charge in [0.15, 0.2) is 5.82 Å². The van der Waals surface area contributed by atoms with Crippen LogP contribution >= 0.6 is 11.8 Å². The molecule has 1 heterocycles. The third-order valence-electron chi connectivity index (χ3n) is 1.68. The molecule has 0 saturated carbocycles. The molecule has 0 fully saturated rings. The second-order valence-electron chi connectivity index (χ2n) is 3.85. The maximum absolute atomic E-state index is 5.30. The van der Waals surface area contributed by atoms with Crippen molar-refractivity contribution < 1.29 is 9.26 Å². The van der Waals surface area contributed by atoms with Gasteiger partial charge in [-0.2, -0.15) is 16.7 Å². The van der Waals surface area contributed by atoms with Crippen molar-refractivity contribution in [2.45, 2.75) is 26.2 Å². The molecule has 16 heavy (non-hydrogen) atoms. The Morgan fingerprint density at radius 3 is 3.00 bits per heavy atom. The minimum absolute atomic E-state index is 0.346. The van der Waals surface area contributed by atoms with Crippen LogP contribution in [0.4, 0.5) is 0 Å². The highest BCUT2D eigenvalue weighted by molar-refractivity contribution is 7.98. The van der Waals surface area contributed by atoms with E-state index >= 15 is 0 Å². The van der Waals surface area contributed by atoms with Crippen LogP contribution in [0.5, 0.6) is 0 Å². The number of nitrogens with zero attached hydrogens (tertiary/aromatic N) is 2. The Kier molecular flexibility index (Phi) is 6.44. The molecule has 6 heteroatoms. The molecule has 0 aromatic carbocycles. The fourth-order valence-electron chi connectivity index (χ4n) is 1.04. The van der Waals surface area contributed by atoms with Gasteiger partial charge in [-0.05, 0) is 11.7 Å². The normalized spacial score (nSPS) is 11.2. The Morgan fingerprint density at radius 1 is 1.50 bits per heavy atom. The quantitative estimate of drug-likeness (QED) is 0.698. The van der Waals surface area contributed by atoms with Gasteiger partial charge in [0, 0.05) is 6.54 Å². The Bertz CT molecular complexity index is 291. The Hall–Kier alpha value is -0.590. The number of ether oxygens (including phenoxy) is 1. The lowest BCUT2D eigenvalue weighted by atomic mass is 10.3. The maximum atomic E-state index is 5.30. The van der Waals surface area contributed by atoms with Crippen molar-refractivity contribution in [2.75, 3.05) is 18.9 Å². The summed E-state index contributed by atoms with van der Waals surface area (Å²) < 4.78 is 10.2. The molecule has 0 spiro atoms. The molecule has 92 valence electrons. The molecule has 0 unspecified atom stereocenters. The first-order valence-electron chi connectivity index (χ1n) is 5.39. The second kappa shape index (κ2) is 7.65. The van der Waals surface area contributed by atoms with Crippen LogP contribution in [0.1, 0.15) is 25.6 Å². The molecule has 1 rings (SSSR count). The molecule has 0 saturated heterocycles. The van der Waals surface area contributed by atoms with Gasteiger partial charge in [-0.15, -0.1) is 0 Å². The predicted molar refractivity (Wildman–Crippen MR) is 64.0 cm³/mol. The fraction of sp³-hybridized carbons (Fsp3) is 0.800. The van der Waals surface area contributed by atoms with E-state index in [1.54, 1.807) is 0 Å². The molecule has 0 atom stereocenters. The Balaban J connectivity index is 2.22. The van der Waals surface area contributed by atoms with Crippen molar-refractivity contribution in [3.05, 3.63) is 11.7 Å². The first-order chi connectivity index (χ1) is 7.72. The van der Waals surface area contributed by atoms with E-state index in [2.05, 4.69) is 24.0 Å². The lowest BCUT2D eigenvalue weighted by Crippen LogP contribution is -2.08. The monoisotopic (exact) mass is 245 g/mol. The zero-order chi connectivity index (χ0) is 11.8. The van der Waals surface area contributed by atoms with Crippen molar-refractivity contribution in [1.82, 2.24) is 10.1 Å². The molecule has 0 bridgehead atoms. The SMILES string of the molecule is CC(C)CSCc1noc(COCCN)n1. The number of nitrogens with two attached hydrogens (primary N) is 1. The van der Waals surface area contributed by atoms with Crippen molar-refractivity contribution in [3.63, 3.8) is 0 Å². The summed E-state index contributed by atoms with van der Waals surface area (Å²) in [5.74, 6) is 3.83. The van der Waals surface area contributed by atoms with Gasteiger partial charge in [0.05, 0.1) is 12.4 Å². The molecule has 0 amide bonds. The van der Waals surface area contributed by atoms with Crippen LogP contribution in [0, 0.1) is 5.92 Å². The van der Waals surface area contributed by atoms with Gasteiger partial charge < -0.3 is 15.0 Å². The summed E-state index contributed by atoms with van der Waals surface area (Å²) in [6.07, 6.45) is 0. The summed E-state index contributed by atoms with van der Waals surface area (Å²) in [5.41, 5.74) is 5.30. The molecule has 0 aliphatic rings.